The second-order valence-electron chi connectivity index (χ2n) is 8.92. The summed E-state index contributed by atoms with van der Waals surface area (Å²) in [5.41, 5.74) is 2.00. The van der Waals surface area contributed by atoms with Crippen molar-refractivity contribution < 1.29 is 18.0 Å². The minimum Gasteiger partial charge on any atom is -0.354 e. The van der Waals surface area contributed by atoms with Crippen LogP contribution in [0.25, 0.3) is 0 Å². The van der Waals surface area contributed by atoms with Crippen LogP contribution in [0.15, 0.2) is 82.2 Å². The van der Waals surface area contributed by atoms with Crippen molar-refractivity contribution in [1.29, 1.82) is 0 Å². The second kappa shape index (κ2) is 13.3. The highest BCUT2D eigenvalue weighted by atomic mass is 79.9. The predicted octanol–water partition coefficient (Wildman–Crippen LogP) is 5.55. The van der Waals surface area contributed by atoms with Crippen molar-refractivity contribution in [2.24, 2.45) is 0 Å². The molecular weight excluding hydrogens is 590 g/mol. The molecule has 0 unspecified atom stereocenters. The lowest BCUT2D eigenvalue weighted by Gasteiger charge is -2.32. The van der Waals surface area contributed by atoms with E-state index in [1.54, 1.807) is 67.6 Å². The number of aryl methyl sites for hydroxylation is 1. The number of halogens is 2. The third kappa shape index (κ3) is 7.58. The summed E-state index contributed by atoms with van der Waals surface area (Å²) in [5.74, 6) is -0.830. The Morgan fingerprint density at radius 1 is 0.974 bits per heavy atom. The predicted molar refractivity (Wildman–Crippen MR) is 155 cm³/mol. The number of hydrogen-bond donors (Lipinski definition) is 1. The fraction of sp³-hybridized carbons (Fsp3) is 0.286. The van der Waals surface area contributed by atoms with Gasteiger partial charge in [-0.1, -0.05) is 64.3 Å². The summed E-state index contributed by atoms with van der Waals surface area (Å²) >= 11 is 9.40. The Bertz CT molecular complexity index is 1350. The number of benzene rings is 3. The maximum atomic E-state index is 13.8. The number of sulfonamides is 1. The van der Waals surface area contributed by atoms with E-state index in [1.165, 1.54) is 17.0 Å². The number of anilines is 1. The van der Waals surface area contributed by atoms with Gasteiger partial charge in [0.05, 0.1) is 10.6 Å². The molecular formula is C28H31BrClN3O4S. The molecule has 1 atom stereocenters. The number of hydrogen-bond acceptors (Lipinski definition) is 4. The Labute approximate surface area is 238 Å². The summed E-state index contributed by atoms with van der Waals surface area (Å²) in [6, 6.07) is 19.3. The van der Waals surface area contributed by atoms with E-state index in [2.05, 4.69) is 21.2 Å². The first-order valence-corrected chi connectivity index (χ1v) is 14.8. The molecule has 1 N–H and O–H groups in total. The summed E-state index contributed by atoms with van der Waals surface area (Å²) in [4.78, 5) is 28.2. The number of carbonyl (C=O) groups excluding carboxylic acids is 2. The smallest absolute Gasteiger partial charge is 0.264 e. The van der Waals surface area contributed by atoms with E-state index in [1.807, 2.05) is 13.8 Å². The van der Waals surface area contributed by atoms with Gasteiger partial charge in [0.2, 0.25) is 11.8 Å². The lowest BCUT2D eigenvalue weighted by atomic mass is 10.1. The highest BCUT2D eigenvalue weighted by Crippen LogP contribution is 2.26. The van der Waals surface area contributed by atoms with E-state index in [0.29, 0.717) is 17.3 Å². The van der Waals surface area contributed by atoms with Crippen molar-refractivity contribution in [3.05, 3.63) is 93.4 Å². The van der Waals surface area contributed by atoms with Crippen LogP contribution in [0.5, 0.6) is 0 Å². The topological polar surface area (TPSA) is 86.8 Å². The van der Waals surface area contributed by atoms with E-state index in [-0.39, 0.29) is 17.3 Å². The Morgan fingerprint density at radius 3 is 2.16 bits per heavy atom. The van der Waals surface area contributed by atoms with Gasteiger partial charge in [-0.25, -0.2) is 8.42 Å². The third-order valence-corrected chi connectivity index (χ3v) is 8.55. The molecule has 0 saturated carbocycles. The molecule has 0 aromatic heterocycles. The molecule has 0 aliphatic carbocycles. The van der Waals surface area contributed by atoms with Gasteiger partial charge in [-0.15, -0.1) is 0 Å². The molecule has 3 aromatic carbocycles. The zero-order chi connectivity index (χ0) is 27.9. The number of carbonyl (C=O) groups is 2. The average molecular weight is 621 g/mol. The quantitative estimate of drug-likeness (QED) is 0.305. The van der Waals surface area contributed by atoms with Crippen LogP contribution in [0, 0.1) is 6.92 Å². The van der Waals surface area contributed by atoms with Crippen molar-refractivity contribution in [2.75, 3.05) is 17.4 Å². The van der Waals surface area contributed by atoms with Gasteiger partial charge < -0.3 is 10.2 Å². The molecule has 2 amide bonds. The van der Waals surface area contributed by atoms with Gasteiger partial charge in [-0.3, -0.25) is 13.9 Å². The van der Waals surface area contributed by atoms with Crippen LogP contribution in [0.1, 0.15) is 31.4 Å². The fourth-order valence-corrected chi connectivity index (χ4v) is 5.54. The maximum Gasteiger partial charge on any atom is 0.264 e. The summed E-state index contributed by atoms with van der Waals surface area (Å²) in [7, 11) is -4.10. The lowest BCUT2D eigenvalue weighted by Crippen LogP contribution is -2.51. The summed E-state index contributed by atoms with van der Waals surface area (Å²) < 4.78 is 29.4. The van der Waals surface area contributed by atoms with Crippen molar-refractivity contribution in [3.8, 4) is 0 Å². The van der Waals surface area contributed by atoms with Crippen LogP contribution < -0.4 is 9.62 Å². The summed E-state index contributed by atoms with van der Waals surface area (Å²) in [5, 5.41) is 3.37. The standard InChI is InChI=1S/C28H31BrClN3O4S/c1-4-17-31-28(35)21(3)32(18-22-7-11-24(30)12-8-22)27(34)19-33(25-13-9-23(29)10-14-25)38(36,37)26-15-5-20(2)6-16-26/h5-16,21H,4,17-19H2,1-3H3,(H,31,35)/t21-/m0/s1. The molecule has 0 bridgehead atoms. The van der Waals surface area contributed by atoms with Gasteiger partial charge in [0, 0.05) is 22.6 Å². The van der Waals surface area contributed by atoms with Gasteiger partial charge in [0.25, 0.3) is 10.0 Å². The third-order valence-electron chi connectivity index (χ3n) is 5.99. The zero-order valence-electron chi connectivity index (χ0n) is 21.5. The van der Waals surface area contributed by atoms with Crippen molar-refractivity contribution in [1.82, 2.24) is 10.2 Å². The Kier molecular flexibility index (Phi) is 10.4. The van der Waals surface area contributed by atoms with Crippen LogP contribution in [0.3, 0.4) is 0 Å². The van der Waals surface area contributed by atoms with Crippen LogP contribution in [0.4, 0.5) is 5.69 Å². The molecule has 0 saturated heterocycles. The van der Waals surface area contributed by atoms with Crippen molar-refractivity contribution >= 4 is 55.1 Å². The van der Waals surface area contributed by atoms with Gasteiger partial charge in [0.1, 0.15) is 12.6 Å². The first kappa shape index (κ1) is 29.7. The SMILES string of the molecule is CCCNC(=O)[C@H](C)N(Cc1ccc(Cl)cc1)C(=O)CN(c1ccc(Br)cc1)S(=O)(=O)c1ccc(C)cc1. The van der Waals surface area contributed by atoms with Crippen LogP contribution in [-0.2, 0) is 26.2 Å². The van der Waals surface area contributed by atoms with Crippen LogP contribution in [0.2, 0.25) is 5.02 Å². The summed E-state index contributed by atoms with van der Waals surface area (Å²) in [6.45, 7) is 5.53. The first-order valence-electron chi connectivity index (χ1n) is 12.2. The lowest BCUT2D eigenvalue weighted by molar-refractivity contribution is -0.139. The molecule has 0 aliphatic rings. The van der Waals surface area contributed by atoms with Gasteiger partial charge in [0.15, 0.2) is 0 Å². The van der Waals surface area contributed by atoms with Crippen LogP contribution in [-0.4, -0.2) is 44.3 Å². The number of nitrogens with zero attached hydrogens (tertiary/aromatic N) is 2. The molecule has 0 fully saturated rings. The van der Waals surface area contributed by atoms with E-state index in [9.17, 15) is 18.0 Å². The minimum atomic E-state index is -4.10. The van der Waals surface area contributed by atoms with E-state index < -0.39 is 28.5 Å². The molecule has 3 aromatic rings. The number of nitrogens with one attached hydrogen (secondary N) is 1. The fourth-order valence-electron chi connectivity index (χ4n) is 3.74. The molecule has 38 heavy (non-hydrogen) atoms. The summed E-state index contributed by atoms with van der Waals surface area (Å²) in [6.07, 6.45) is 0.746. The van der Waals surface area contributed by atoms with Crippen molar-refractivity contribution in [3.63, 3.8) is 0 Å². The van der Waals surface area contributed by atoms with Gasteiger partial charge in [-0.2, -0.15) is 0 Å². The second-order valence-corrected chi connectivity index (χ2v) is 12.1. The Balaban J connectivity index is 2.00. The molecule has 202 valence electrons. The Hall–Kier alpha value is -2.88. The minimum absolute atomic E-state index is 0.0665. The highest BCUT2D eigenvalue weighted by Gasteiger charge is 2.32. The van der Waals surface area contributed by atoms with Gasteiger partial charge >= 0.3 is 0 Å². The first-order chi connectivity index (χ1) is 18.0. The van der Waals surface area contributed by atoms with E-state index in [0.717, 1.165) is 26.3 Å². The van der Waals surface area contributed by atoms with E-state index in [4.69, 9.17) is 11.6 Å². The molecule has 0 aliphatic heterocycles. The zero-order valence-corrected chi connectivity index (χ0v) is 24.7. The molecule has 10 heteroatoms. The largest absolute Gasteiger partial charge is 0.354 e. The number of rotatable bonds is 11. The normalized spacial score (nSPS) is 12.0. The van der Waals surface area contributed by atoms with Crippen molar-refractivity contribution in [2.45, 2.75) is 44.7 Å². The number of amides is 2. The average Bonchev–Trinajstić information content (AvgIpc) is 2.90. The van der Waals surface area contributed by atoms with E-state index >= 15 is 0 Å². The highest BCUT2D eigenvalue weighted by molar-refractivity contribution is 9.10. The van der Waals surface area contributed by atoms with Crippen LogP contribution >= 0.6 is 27.5 Å². The molecule has 0 heterocycles. The monoisotopic (exact) mass is 619 g/mol. The molecule has 0 radical (unpaired) electrons. The molecule has 3 rings (SSSR count). The van der Waals surface area contributed by atoms with Gasteiger partial charge in [-0.05, 0) is 74.4 Å². The molecule has 7 nitrogen and oxygen atoms in total. The molecule has 0 spiro atoms. The Morgan fingerprint density at radius 2 is 1.58 bits per heavy atom. The maximum absolute atomic E-state index is 13.8.